The molecule has 15 heavy (non-hydrogen) atoms. The van der Waals surface area contributed by atoms with Crippen LogP contribution in [0.4, 0.5) is 10.4 Å². The second-order valence-electron chi connectivity index (χ2n) is 3.12. The number of phenolic OH excluding ortho intramolecular Hbond substituents is 1. The maximum Gasteiger partial charge on any atom is 0.292 e. The smallest absolute Gasteiger partial charge is 0.292 e. The van der Waals surface area contributed by atoms with Crippen molar-refractivity contribution in [2.75, 3.05) is 5.73 Å². The minimum absolute atomic E-state index is 0.0475. The Morgan fingerprint density at radius 1 is 1.47 bits per heavy atom. The molecule has 0 aliphatic carbocycles. The molecule has 2 aromatic rings. The zero-order valence-electron chi connectivity index (χ0n) is 7.99. The van der Waals surface area contributed by atoms with Crippen molar-refractivity contribution < 1.29 is 13.9 Å². The van der Waals surface area contributed by atoms with E-state index in [1.807, 2.05) is 0 Å². The van der Waals surface area contributed by atoms with Gasteiger partial charge in [0.15, 0.2) is 11.6 Å². The van der Waals surface area contributed by atoms with E-state index in [9.17, 15) is 9.50 Å². The Balaban J connectivity index is 2.54. The number of hydrogen-bond donors (Lipinski definition) is 2. The van der Waals surface area contributed by atoms with Gasteiger partial charge in [0, 0.05) is 5.56 Å². The van der Waals surface area contributed by atoms with Crippen LogP contribution in [0.5, 0.6) is 5.75 Å². The predicted molar refractivity (Wildman–Crippen MR) is 52.7 cm³/mol. The van der Waals surface area contributed by atoms with Crippen LogP contribution in [0.3, 0.4) is 0 Å². The number of rotatable bonds is 1. The number of nitrogens with two attached hydrogens (primary N) is 1. The summed E-state index contributed by atoms with van der Waals surface area (Å²) in [5.74, 6) is -0.570. The van der Waals surface area contributed by atoms with Crippen LogP contribution in [0.1, 0.15) is 5.76 Å². The summed E-state index contributed by atoms with van der Waals surface area (Å²) < 4.78 is 17.8. The van der Waals surface area contributed by atoms with E-state index in [1.54, 1.807) is 6.92 Å². The standard InChI is InChI=1S/C10H9FN2O2/c1-5-9(13-10(12)15-5)6-2-3-7(11)8(14)4-6/h2-4,14H,1H3,(H2,12,13). The lowest BCUT2D eigenvalue weighted by Gasteiger charge is -1.99. The Morgan fingerprint density at radius 2 is 2.20 bits per heavy atom. The number of nitrogen functional groups attached to an aromatic ring is 1. The lowest BCUT2D eigenvalue weighted by atomic mass is 10.1. The topological polar surface area (TPSA) is 72.3 Å². The first-order valence-electron chi connectivity index (χ1n) is 4.29. The highest BCUT2D eigenvalue weighted by molar-refractivity contribution is 5.64. The van der Waals surface area contributed by atoms with Crippen molar-refractivity contribution in [1.82, 2.24) is 4.98 Å². The number of oxazole rings is 1. The fraction of sp³-hybridized carbons (Fsp3) is 0.100. The average Bonchev–Trinajstić information content (AvgIpc) is 2.50. The molecule has 1 aromatic heterocycles. The maximum atomic E-state index is 12.8. The van der Waals surface area contributed by atoms with Crippen molar-refractivity contribution in [2.24, 2.45) is 0 Å². The zero-order chi connectivity index (χ0) is 11.0. The maximum absolute atomic E-state index is 12.8. The minimum Gasteiger partial charge on any atom is -0.505 e. The van der Waals surface area contributed by atoms with E-state index >= 15 is 0 Å². The number of phenols is 1. The summed E-state index contributed by atoms with van der Waals surface area (Å²) in [6.45, 7) is 1.69. The van der Waals surface area contributed by atoms with E-state index in [0.29, 0.717) is 17.0 Å². The highest BCUT2D eigenvalue weighted by Crippen LogP contribution is 2.28. The first kappa shape index (κ1) is 9.51. The summed E-state index contributed by atoms with van der Waals surface area (Å²) in [7, 11) is 0. The molecule has 78 valence electrons. The molecule has 5 heteroatoms. The molecule has 0 saturated carbocycles. The molecular formula is C10H9FN2O2. The molecule has 0 amide bonds. The molecule has 3 N–H and O–H groups in total. The van der Waals surface area contributed by atoms with Crippen molar-refractivity contribution in [3.05, 3.63) is 29.8 Å². The molecule has 0 fully saturated rings. The van der Waals surface area contributed by atoms with E-state index in [1.165, 1.54) is 12.1 Å². The Bertz CT molecular complexity index is 508. The van der Waals surface area contributed by atoms with Gasteiger partial charge in [0.05, 0.1) is 0 Å². The van der Waals surface area contributed by atoms with Crippen LogP contribution in [0.25, 0.3) is 11.3 Å². The van der Waals surface area contributed by atoms with Crippen LogP contribution in [0, 0.1) is 12.7 Å². The zero-order valence-corrected chi connectivity index (χ0v) is 7.99. The monoisotopic (exact) mass is 208 g/mol. The first-order valence-corrected chi connectivity index (χ1v) is 4.29. The van der Waals surface area contributed by atoms with Crippen LogP contribution in [0.15, 0.2) is 22.6 Å². The fourth-order valence-electron chi connectivity index (χ4n) is 1.34. The molecule has 1 heterocycles. The van der Waals surface area contributed by atoms with Gasteiger partial charge in [-0.15, -0.1) is 0 Å². The van der Waals surface area contributed by atoms with E-state index < -0.39 is 11.6 Å². The Hall–Kier alpha value is -2.04. The number of anilines is 1. The highest BCUT2D eigenvalue weighted by atomic mass is 19.1. The van der Waals surface area contributed by atoms with Crippen molar-refractivity contribution in [3.63, 3.8) is 0 Å². The third kappa shape index (κ3) is 1.63. The van der Waals surface area contributed by atoms with Crippen LogP contribution >= 0.6 is 0 Å². The van der Waals surface area contributed by atoms with Gasteiger partial charge in [-0.05, 0) is 25.1 Å². The molecule has 0 saturated heterocycles. The molecule has 0 radical (unpaired) electrons. The Labute approximate surface area is 85.2 Å². The van der Waals surface area contributed by atoms with Crippen LogP contribution in [-0.4, -0.2) is 10.1 Å². The van der Waals surface area contributed by atoms with Gasteiger partial charge in [0.1, 0.15) is 11.5 Å². The number of aromatic hydroxyl groups is 1. The molecule has 2 rings (SSSR count). The third-order valence-corrected chi connectivity index (χ3v) is 2.03. The molecule has 0 bridgehead atoms. The first-order chi connectivity index (χ1) is 7.08. The number of aromatic nitrogens is 1. The van der Waals surface area contributed by atoms with Crippen molar-refractivity contribution in [1.29, 1.82) is 0 Å². The van der Waals surface area contributed by atoms with Gasteiger partial charge in [0.2, 0.25) is 0 Å². The molecule has 1 aromatic carbocycles. The SMILES string of the molecule is Cc1oc(N)nc1-c1ccc(F)c(O)c1. The molecular weight excluding hydrogens is 199 g/mol. The molecule has 0 spiro atoms. The second kappa shape index (κ2) is 3.27. The number of halogens is 1. The van der Waals surface area contributed by atoms with Crippen LogP contribution in [-0.2, 0) is 0 Å². The van der Waals surface area contributed by atoms with E-state index in [2.05, 4.69) is 4.98 Å². The number of benzene rings is 1. The van der Waals surface area contributed by atoms with Gasteiger partial charge in [0.25, 0.3) is 6.01 Å². The second-order valence-corrected chi connectivity index (χ2v) is 3.12. The van der Waals surface area contributed by atoms with Gasteiger partial charge in [-0.1, -0.05) is 0 Å². The van der Waals surface area contributed by atoms with Crippen molar-refractivity contribution in [2.45, 2.75) is 6.92 Å². The normalized spacial score (nSPS) is 10.5. The van der Waals surface area contributed by atoms with E-state index in [0.717, 1.165) is 6.07 Å². The largest absolute Gasteiger partial charge is 0.505 e. The number of hydrogen-bond acceptors (Lipinski definition) is 4. The van der Waals surface area contributed by atoms with Crippen molar-refractivity contribution in [3.8, 4) is 17.0 Å². The predicted octanol–water partition coefficient (Wildman–Crippen LogP) is 2.08. The van der Waals surface area contributed by atoms with Crippen LogP contribution < -0.4 is 5.73 Å². The fourth-order valence-corrected chi connectivity index (χ4v) is 1.34. The van der Waals surface area contributed by atoms with E-state index in [4.69, 9.17) is 10.2 Å². The summed E-state index contributed by atoms with van der Waals surface area (Å²) >= 11 is 0. The minimum atomic E-state index is -0.673. The lowest BCUT2D eigenvalue weighted by molar-refractivity contribution is 0.432. The van der Waals surface area contributed by atoms with Gasteiger partial charge in [-0.25, -0.2) is 4.39 Å². The summed E-state index contributed by atoms with van der Waals surface area (Å²) in [5, 5.41) is 9.19. The van der Waals surface area contributed by atoms with Gasteiger partial charge >= 0.3 is 0 Å². The number of nitrogens with zero attached hydrogens (tertiary/aromatic N) is 1. The molecule has 0 unspecified atom stereocenters. The van der Waals surface area contributed by atoms with Crippen LogP contribution in [0.2, 0.25) is 0 Å². The highest BCUT2D eigenvalue weighted by Gasteiger charge is 2.11. The van der Waals surface area contributed by atoms with Crippen molar-refractivity contribution >= 4 is 6.01 Å². The molecule has 0 aliphatic rings. The Morgan fingerprint density at radius 3 is 2.73 bits per heavy atom. The summed E-state index contributed by atoms with van der Waals surface area (Å²) in [5.41, 5.74) is 6.43. The summed E-state index contributed by atoms with van der Waals surface area (Å²) in [4.78, 5) is 3.93. The Kier molecular flexibility index (Phi) is 2.07. The van der Waals surface area contributed by atoms with Gasteiger partial charge in [-0.3, -0.25) is 0 Å². The molecule has 0 aliphatic heterocycles. The number of aryl methyl sites for hydroxylation is 1. The molecule has 4 nitrogen and oxygen atoms in total. The summed E-state index contributed by atoms with van der Waals surface area (Å²) in [6.07, 6.45) is 0. The van der Waals surface area contributed by atoms with E-state index in [-0.39, 0.29) is 6.01 Å². The quantitative estimate of drug-likeness (QED) is 0.752. The summed E-state index contributed by atoms with van der Waals surface area (Å²) in [6, 6.07) is 3.99. The van der Waals surface area contributed by atoms with Gasteiger partial charge < -0.3 is 15.3 Å². The third-order valence-electron chi connectivity index (χ3n) is 2.03. The average molecular weight is 208 g/mol. The molecule has 0 atom stereocenters. The lowest BCUT2D eigenvalue weighted by Crippen LogP contribution is -1.85. The van der Waals surface area contributed by atoms with Gasteiger partial charge in [-0.2, -0.15) is 4.98 Å².